The first kappa shape index (κ1) is 12.3. The lowest BCUT2D eigenvalue weighted by atomic mass is 9.60. The molecular weight excluding hydrogens is 202 g/mol. The maximum atomic E-state index is 10.7. The number of ether oxygens (including phenoxy) is 1. The molecule has 0 spiro atoms. The Morgan fingerprint density at radius 2 is 2.00 bits per heavy atom. The van der Waals surface area contributed by atoms with E-state index in [1.54, 1.807) is 0 Å². The highest BCUT2D eigenvalue weighted by atomic mass is 16.5. The molecule has 0 aromatic carbocycles. The highest BCUT2D eigenvalue weighted by Gasteiger charge is 2.52. The fraction of sp³-hybridized carbons (Fsp3) is 1.00. The Hall–Kier alpha value is -0.120. The zero-order valence-corrected chi connectivity index (χ0v) is 10.4. The van der Waals surface area contributed by atoms with E-state index in [4.69, 9.17) is 10.5 Å². The summed E-state index contributed by atoms with van der Waals surface area (Å²) in [4.78, 5) is 0. The first-order chi connectivity index (χ1) is 7.66. The number of aliphatic hydroxyl groups is 1. The largest absolute Gasteiger partial charge is 0.387 e. The molecule has 3 nitrogen and oxygen atoms in total. The van der Waals surface area contributed by atoms with Crippen LogP contribution in [-0.2, 0) is 4.74 Å². The normalized spacial score (nSPS) is 44.8. The van der Waals surface area contributed by atoms with Crippen LogP contribution in [0.1, 0.15) is 45.4 Å². The second-order valence-electron chi connectivity index (χ2n) is 5.67. The molecule has 16 heavy (non-hydrogen) atoms. The number of rotatable bonds is 3. The maximum absolute atomic E-state index is 10.7. The van der Waals surface area contributed by atoms with Gasteiger partial charge >= 0.3 is 0 Å². The lowest BCUT2D eigenvalue weighted by molar-refractivity contribution is -0.105. The van der Waals surface area contributed by atoms with Crippen LogP contribution < -0.4 is 5.73 Å². The monoisotopic (exact) mass is 227 g/mol. The van der Waals surface area contributed by atoms with Crippen LogP contribution in [0, 0.1) is 11.3 Å². The molecule has 3 N–H and O–H groups in total. The average molecular weight is 227 g/mol. The number of hydrogen-bond donors (Lipinski definition) is 2. The molecule has 1 saturated carbocycles. The Labute approximate surface area is 98.4 Å². The first-order valence-corrected chi connectivity index (χ1v) is 6.66. The summed E-state index contributed by atoms with van der Waals surface area (Å²) in [6.07, 6.45) is 6.60. The molecule has 3 heteroatoms. The van der Waals surface area contributed by atoms with Crippen molar-refractivity contribution in [2.24, 2.45) is 17.1 Å². The van der Waals surface area contributed by atoms with E-state index < -0.39 is 5.60 Å². The van der Waals surface area contributed by atoms with Crippen LogP contribution in [0.25, 0.3) is 0 Å². The molecule has 94 valence electrons. The molecule has 0 radical (unpaired) electrons. The zero-order valence-electron chi connectivity index (χ0n) is 10.4. The molecule has 2 rings (SSSR count). The smallest absolute Gasteiger partial charge is 0.0969 e. The minimum absolute atomic E-state index is 0.0742. The fourth-order valence-electron chi connectivity index (χ4n) is 3.47. The van der Waals surface area contributed by atoms with E-state index in [0.29, 0.717) is 19.8 Å². The van der Waals surface area contributed by atoms with Crippen molar-refractivity contribution in [1.82, 2.24) is 0 Å². The van der Waals surface area contributed by atoms with Crippen molar-refractivity contribution in [3.05, 3.63) is 0 Å². The summed E-state index contributed by atoms with van der Waals surface area (Å²) in [5, 5.41) is 10.7. The van der Waals surface area contributed by atoms with E-state index in [1.807, 2.05) is 0 Å². The van der Waals surface area contributed by atoms with Crippen molar-refractivity contribution < 1.29 is 9.84 Å². The van der Waals surface area contributed by atoms with Crippen molar-refractivity contribution in [2.75, 3.05) is 19.8 Å². The van der Waals surface area contributed by atoms with Gasteiger partial charge in [-0.1, -0.05) is 13.3 Å². The molecule has 1 aliphatic heterocycles. The van der Waals surface area contributed by atoms with Gasteiger partial charge < -0.3 is 15.6 Å². The number of hydrogen-bond acceptors (Lipinski definition) is 3. The first-order valence-electron chi connectivity index (χ1n) is 6.66. The Bertz CT molecular complexity index is 228. The second kappa shape index (κ2) is 4.63. The third-order valence-corrected chi connectivity index (χ3v) is 5.02. The van der Waals surface area contributed by atoms with Gasteiger partial charge in [0.2, 0.25) is 0 Å². The summed E-state index contributed by atoms with van der Waals surface area (Å²) < 4.78 is 5.39. The topological polar surface area (TPSA) is 55.5 Å². The minimum Gasteiger partial charge on any atom is -0.387 e. The van der Waals surface area contributed by atoms with E-state index in [2.05, 4.69) is 6.92 Å². The van der Waals surface area contributed by atoms with Crippen molar-refractivity contribution >= 4 is 0 Å². The quantitative estimate of drug-likeness (QED) is 0.771. The molecule has 1 heterocycles. The summed E-state index contributed by atoms with van der Waals surface area (Å²) in [6.45, 7) is 4.03. The van der Waals surface area contributed by atoms with Crippen LogP contribution in [0.3, 0.4) is 0 Å². The summed E-state index contributed by atoms with van der Waals surface area (Å²) in [5.74, 6) is 0.839. The lowest BCUT2D eigenvalue weighted by Crippen LogP contribution is -2.54. The van der Waals surface area contributed by atoms with Gasteiger partial charge in [0.15, 0.2) is 0 Å². The van der Waals surface area contributed by atoms with Gasteiger partial charge in [-0.05, 0) is 31.6 Å². The molecule has 1 atom stereocenters. The van der Waals surface area contributed by atoms with Crippen LogP contribution in [0.5, 0.6) is 0 Å². The van der Waals surface area contributed by atoms with Gasteiger partial charge in [-0.2, -0.15) is 0 Å². The highest BCUT2D eigenvalue weighted by molar-refractivity contribution is 5.03. The van der Waals surface area contributed by atoms with E-state index >= 15 is 0 Å². The van der Waals surface area contributed by atoms with E-state index in [1.165, 1.54) is 19.3 Å². The summed E-state index contributed by atoms with van der Waals surface area (Å²) in [7, 11) is 0. The molecular formula is C13H25NO2. The predicted molar refractivity (Wildman–Crippen MR) is 64.1 cm³/mol. The van der Waals surface area contributed by atoms with Gasteiger partial charge in [0, 0.05) is 25.0 Å². The van der Waals surface area contributed by atoms with Crippen LogP contribution in [0.15, 0.2) is 0 Å². The van der Waals surface area contributed by atoms with Crippen LogP contribution in [-0.4, -0.2) is 30.5 Å². The average Bonchev–Trinajstić information content (AvgIpc) is 2.78. The SMILES string of the molecule is CCC1CCC(CN)(C2(O)CCOC2)CC1. The molecule has 1 unspecified atom stereocenters. The Morgan fingerprint density at radius 3 is 2.44 bits per heavy atom. The molecule has 0 amide bonds. The molecule has 2 fully saturated rings. The van der Waals surface area contributed by atoms with Gasteiger partial charge in [-0.25, -0.2) is 0 Å². The Kier molecular flexibility index (Phi) is 3.57. The molecule has 0 aromatic rings. The standard InChI is InChI=1S/C13H25NO2/c1-2-11-3-5-12(9-14,6-4-11)13(15)7-8-16-10-13/h11,15H,2-10,14H2,1H3. The van der Waals surface area contributed by atoms with Crippen LogP contribution in [0.4, 0.5) is 0 Å². The molecule has 1 aliphatic carbocycles. The molecule has 2 aliphatic rings. The molecule has 0 bridgehead atoms. The lowest BCUT2D eigenvalue weighted by Gasteiger charge is -2.48. The number of nitrogens with two attached hydrogens (primary N) is 1. The van der Waals surface area contributed by atoms with Gasteiger partial charge in [0.25, 0.3) is 0 Å². The van der Waals surface area contributed by atoms with E-state index in [0.717, 1.165) is 25.2 Å². The Morgan fingerprint density at radius 1 is 1.31 bits per heavy atom. The van der Waals surface area contributed by atoms with E-state index in [9.17, 15) is 5.11 Å². The van der Waals surface area contributed by atoms with Crippen molar-refractivity contribution in [3.8, 4) is 0 Å². The zero-order chi connectivity index (χ0) is 11.6. The second-order valence-corrected chi connectivity index (χ2v) is 5.67. The third kappa shape index (κ3) is 1.89. The Balaban J connectivity index is 2.08. The fourth-order valence-corrected chi connectivity index (χ4v) is 3.47. The van der Waals surface area contributed by atoms with Crippen molar-refractivity contribution in [1.29, 1.82) is 0 Å². The highest BCUT2D eigenvalue weighted by Crippen LogP contribution is 2.49. The summed E-state index contributed by atoms with van der Waals surface area (Å²) in [6, 6.07) is 0. The van der Waals surface area contributed by atoms with Crippen LogP contribution >= 0.6 is 0 Å². The van der Waals surface area contributed by atoms with Crippen molar-refractivity contribution in [2.45, 2.75) is 51.0 Å². The summed E-state index contributed by atoms with van der Waals surface area (Å²) in [5.41, 5.74) is 5.25. The maximum Gasteiger partial charge on any atom is 0.0969 e. The van der Waals surface area contributed by atoms with E-state index in [-0.39, 0.29) is 5.41 Å². The molecule has 0 aromatic heterocycles. The minimum atomic E-state index is -0.652. The van der Waals surface area contributed by atoms with Gasteiger partial charge in [0.05, 0.1) is 12.2 Å². The van der Waals surface area contributed by atoms with Gasteiger partial charge in [-0.15, -0.1) is 0 Å². The van der Waals surface area contributed by atoms with Gasteiger partial charge in [-0.3, -0.25) is 0 Å². The van der Waals surface area contributed by atoms with Crippen molar-refractivity contribution in [3.63, 3.8) is 0 Å². The summed E-state index contributed by atoms with van der Waals surface area (Å²) >= 11 is 0. The predicted octanol–water partition coefficient (Wildman–Crippen LogP) is 1.68. The van der Waals surface area contributed by atoms with Crippen LogP contribution in [0.2, 0.25) is 0 Å². The third-order valence-electron chi connectivity index (χ3n) is 5.02. The molecule has 1 saturated heterocycles. The van der Waals surface area contributed by atoms with Gasteiger partial charge in [0.1, 0.15) is 0 Å².